The number of thiophene rings is 2. The fraction of sp³-hybridized carbons (Fsp3) is 0.771. The normalized spacial score (nSPS) is 12.0. The first kappa shape index (κ1) is 34.4. The Hall–Kier alpha value is 0.199. The van der Waals surface area contributed by atoms with Gasteiger partial charge in [-0.1, -0.05) is 52.4 Å². The first-order valence-electron chi connectivity index (χ1n) is 16.7. The summed E-state index contributed by atoms with van der Waals surface area (Å²) < 4.78 is 1.83. The van der Waals surface area contributed by atoms with Crippen molar-refractivity contribution in [2.75, 3.05) is 0 Å². The van der Waals surface area contributed by atoms with Crippen LogP contribution in [0.25, 0.3) is 9.75 Å². The summed E-state index contributed by atoms with van der Waals surface area (Å²) in [5.41, 5.74) is 3.30. The third-order valence-corrected chi connectivity index (χ3v) is 20.0. The SMILES string of the molecule is CCCCCCCCCCCCc1csc(-c2cc(CCCCCCCCCCCC)[c]([Sn]([CH3])([CH3])[CH3])s2)c1. The van der Waals surface area contributed by atoms with Crippen LogP contribution in [-0.4, -0.2) is 18.4 Å². The maximum absolute atomic E-state index is 2.61. The molecule has 0 fully saturated rings. The van der Waals surface area contributed by atoms with Crippen LogP contribution in [0.1, 0.15) is 153 Å². The molecule has 0 aliphatic heterocycles. The first-order valence-corrected chi connectivity index (χ1v) is 28.3. The van der Waals surface area contributed by atoms with Gasteiger partial charge in [-0.2, -0.15) is 0 Å². The molecule has 0 aliphatic rings. The van der Waals surface area contributed by atoms with E-state index in [0.717, 1.165) is 0 Å². The molecule has 0 saturated carbocycles. The van der Waals surface area contributed by atoms with E-state index in [0.29, 0.717) is 0 Å². The number of rotatable bonds is 24. The van der Waals surface area contributed by atoms with E-state index in [1.54, 1.807) is 16.0 Å². The van der Waals surface area contributed by atoms with Gasteiger partial charge in [0, 0.05) is 0 Å². The van der Waals surface area contributed by atoms with Crippen molar-refractivity contribution in [3.8, 4) is 9.75 Å². The summed E-state index contributed by atoms with van der Waals surface area (Å²) in [7, 11) is 0. The molecule has 0 atom stereocenters. The zero-order valence-corrected chi connectivity index (χ0v) is 30.6. The van der Waals surface area contributed by atoms with Crippen molar-refractivity contribution in [2.24, 2.45) is 0 Å². The standard InChI is InChI=1S/C32H53S2.3CH3.Sn/c1-3-5-7-9-11-13-15-17-19-21-23-29-25-31(33-27-29)32-26-30(28-34-32)24-22-20-18-16-14-12-10-8-6-4-2;;;;/h25-27H,3-24H2,1-2H3;3*1H3;. The molecule has 0 aromatic carbocycles. The van der Waals surface area contributed by atoms with Gasteiger partial charge in [0.15, 0.2) is 0 Å². The Kier molecular flexibility index (Phi) is 19.0. The quantitative estimate of drug-likeness (QED) is 0.0773. The van der Waals surface area contributed by atoms with Crippen LogP contribution in [0.3, 0.4) is 0 Å². The summed E-state index contributed by atoms with van der Waals surface area (Å²) in [6.07, 6.45) is 31.1. The second kappa shape index (κ2) is 21.0. The Balaban J connectivity index is 1.72. The summed E-state index contributed by atoms with van der Waals surface area (Å²) in [5.74, 6) is 0. The zero-order valence-electron chi connectivity index (χ0n) is 26.1. The molecular formula is C35H62S2Sn. The molecule has 0 aliphatic carbocycles. The van der Waals surface area contributed by atoms with Gasteiger partial charge in [0.05, 0.1) is 0 Å². The van der Waals surface area contributed by atoms with E-state index in [-0.39, 0.29) is 0 Å². The van der Waals surface area contributed by atoms with Crippen LogP contribution in [0.2, 0.25) is 14.8 Å². The van der Waals surface area contributed by atoms with Gasteiger partial charge in [-0.15, -0.1) is 0 Å². The third kappa shape index (κ3) is 14.7. The van der Waals surface area contributed by atoms with Crippen LogP contribution >= 0.6 is 22.7 Å². The fourth-order valence-electron chi connectivity index (χ4n) is 5.63. The Labute approximate surface area is 250 Å². The average Bonchev–Trinajstić information content (AvgIpc) is 3.53. The van der Waals surface area contributed by atoms with Crippen molar-refractivity contribution in [1.29, 1.82) is 0 Å². The molecule has 2 aromatic rings. The van der Waals surface area contributed by atoms with Gasteiger partial charge >= 0.3 is 200 Å². The first-order chi connectivity index (χ1) is 18.5. The van der Waals surface area contributed by atoms with Crippen LogP contribution in [0.4, 0.5) is 0 Å². The summed E-state index contributed by atoms with van der Waals surface area (Å²) in [4.78, 5) is 10.9. The molecule has 218 valence electrons. The van der Waals surface area contributed by atoms with Crippen LogP contribution in [-0.2, 0) is 12.8 Å². The van der Waals surface area contributed by atoms with Crippen molar-refractivity contribution >= 4 is 43.9 Å². The second-order valence-corrected chi connectivity index (χ2v) is 30.2. The van der Waals surface area contributed by atoms with Crippen LogP contribution in [0, 0.1) is 0 Å². The minimum atomic E-state index is -2.10. The molecule has 0 radical (unpaired) electrons. The average molecular weight is 666 g/mol. The summed E-state index contributed by atoms with van der Waals surface area (Å²) >= 11 is 2.06. The van der Waals surface area contributed by atoms with Gasteiger partial charge < -0.3 is 0 Å². The Morgan fingerprint density at radius 1 is 0.526 bits per heavy atom. The van der Waals surface area contributed by atoms with Crippen LogP contribution in [0.15, 0.2) is 17.5 Å². The number of hydrogen-bond acceptors (Lipinski definition) is 2. The van der Waals surface area contributed by atoms with Gasteiger partial charge in [0.2, 0.25) is 0 Å². The van der Waals surface area contributed by atoms with Crippen LogP contribution < -0.4 is 2.89 Å². The third-order valence-electron chi connectivity index (χ3n) is 8.01. The minimum absolute atomic E-state index is 1.27. The molecular weight excluding hydrogens is 603 g/mol. The number of hydrogen-bond donors (Lipinski definition) is 0. The van der Waals surface area contributed by atoms with E-state index < -0.39 is 18.4 Å². The summed E-state index contributed by atoms with van der Waals surface area (Å²) in [5, 5.41) is 2.45. The monoisotopic (exact) mass is 666 g/mol. The molecule has 2 heterocycles. The molecule has 0 spiro atoms. The van der Waals surface area contributed by atoms with Gasteiger partial charge in [-0.25, -0.2) is 0 Å². The van der Waals surface area contributed by atoms with Crippen molar-refractivity contribution < 1.29 is 0 Å². The van der Waals surface area contributed by atoms with E-state index in [1.807, 2.05) is 14.2 Å². The van der Waals surface area contributed by atoms with Crippen molar-refractivity contribution in [1.82, 2.24) is 0 Å². The predicted molar refractivity (Wildman–Crippen MR) is 182 cm³/mol. The van der Waals surface area contributed by atoms with Crippen molar-refractivity contribution in [3.05, 3.63) is 28.6 Å². The van der Waals surface area contributed by atoms with Gasteiger partial charge in [-0.3, -0.25) is 0 Å². The molecule has 0 nitrogen and oxygen atoms in total. The van der Waals surface area contributed by atoms with Crippen molar-refractivity contribution in [3.63, 3.8) is 0 Å². The summed E-state index contributed by atoms with van der Waals surface area (Å²) in [6.45, 7) is 4.61. The van der Waals surface area contributed by atoms with E-state index in [9.17, 15) is 0 Å². The predicted octanol–water partition coefficient (Wildman–Crippen LogP) is 12.9. The fourth-order valence-corrected chi connectivity index (χ4v) is 14.8. The van der Waals surface area contributed by atoms with E-state index >= 15 is 0 Å². The molecule has 0 unspecified atom stereocenters. The molecule has 0 amide bonds. The van der Waals surface area contributed by atoms with Crippen LogP contribution in [0.5, 0.6) is 0 Å². The van der Waals surface area contributed by atoms with Gasteiger partial charge in [-0.05, 0) is 0 Å². The molecule has 3 heteroatoms. The Bertz CT molecular complexity index is 825. The molecule has 0 N–H and O–H groups in total. The Morgan fingerprint density at radius 3 is 1.45 bits per heavy atom. The molecule has 0 saturated heterocycles. The second-order valence-electron chi connectivity index (χ2n) is 12.9. The summed E-state index contributed by atoms with van der Waals surface area (Å²) in [6, 6.07) is 5.13. The topological polar surface area (TPSA) is 0 Å². The van der Waals surface area contributed by atoms with Gasteiger partial charge in [0.1, 0.15) is 0 Å². The maximum atomic E-state index is 2.61. The van der Waals surface area contributed by atoms with E-state index in [4.69, 9.17) is 0 Å². The molecule has 2 rings (SSSR count). The molecule has 2 aromatic heterocycles. The van der Waals surface area contributed by atoms with Crippen molar-refractivity contribution in [2.45, 2.75) is 170 Å². The Morgan fingerprint density at radius 2 is 0.974 bits per heavy atom. The molecule has 0 bridgehead atoms. The number of unbranched alkanes of at least 4 members (excludes halogenated alkanes) is 18. The van der Waals surface area contributed by atoms with E-state index in [1.165, 1.54) is 146 Å². The van der Waals surface area contributed by atoms with Gasteiger partial charge in [0.25, 0.3) is 0 Å². The number of aryl methyl sites for hydroxylation is 2. The molecule has 38 heavy (non-hydrogen) atoms. The zero-order chi connectivity index (χ0) is 27.5. The van der Waals surface area contributed by atoms with E-state index in [2.05, 4.69) is 57.5 Å².